The monoisotopic (exact) mass is 336 g/mol. The molecule has 2 aromatic heterocycles. The third-order valence-corrected chi connectivity index (χ3v) is 4.08. The summed E-state index contributed by atoms with van der Waals surface area (Å²) in [6.45, 7) is 1.27. The predicted molar refractivity (Wildman–Crippen MR) is 89.7 cm³/mol. The van der Waals surface area contributed by atoms with Crippen molar-refractivity contribution in [2.45, 2.75) is 6.54 Å². The number of imidazole rings is 1. The number of benzene rings is 1. The first-order chi connectivity index (χ1) is 12.2. The Labute approximate surface area is 144 Å². The summed E-state index contributed by atoms with van der Waals surface area (Å²) in [6, 6.07) is 8.39. The van der Waals surface area contributed by atoms with Crippen molar-refractivity contribution in [3.05, 3.63) is 66.4 Å². The molecule has 3 aromatic rings. The SMILES string of the molecule is O=C(c1ccnc(-n2ccnc2)c1)N1CCOc2cc(O)ccc2C1. The predicted octanol–water partition coefficient (Wildman–Crippen LogP) is 2.01. The topological polar surface area (TPSA) is 80.5 Å². The largest absolute Gasteiger partial charge is 0.508 e. The molecule has 0 fully saturated rings. The fourth-order valence-corrected chi connectivity index (χ4v) is 2.80. The first-order valence-corrected chi connectivity index (χ1v) is 7.89. The molecular weight excluding hydrogens is 320 g/mol. The second kappa shape index (κ2) is 6.27. The van der Waals surface area contributed by atoms with Gasteiger partial charge < -0.3 is 14.7 Å². The molecule has 0 saturated carbocycles. The van der Waals surface area contributed by atoms with Crippen LogP contribution in [0.4, 0.5) is 0 Å². The Hall–Kier alpha value is -3.35. The van der Waals surface area contributed by atoms with Crippen molar-refractivity contribution in [3.63, 3.8) is 0 Å². The van der Waals surface area contributed by atoms with Crippen LogP contribution in [0, 0.1) is 0 Å². The summed E-state index contributed by atoms with van der Waals surface area (Å²) < 4.78 is 7.40. The molecule has 1 aliphatic rings. The van der Waals surface area contributed by atoms with Crippen molar-refractivity contribution >= 4 is 5.91 Å². The van der Waals surface area contributed by atoms with Gasteiger partial charge >= 0.3 is 0 Å². The summed E-state index contributed by atoms with van der Waals surface area (Å²) in [5.41, 5.74) is 1.42. The van der Waals surface area contributed by atoms with Crippen LogP contribution in [0.3, 0.4) is 0 Å². The number of hydrogen-bond acceptors (Lipinski definition) is 5. The minimum absolute atomic E-state index is 0.0895. The number of pyridine rings is 1. The quantitative estimate of drug-likeness (QED) is 0.774. The number of ether oxygens (including phenoxy) is 1. The van der Waals surface area contributed by atoms with Crippen molar-refractivity contribution < 1.29 is 14.6 Å². The van der Waals surface area contributed by atoms with E-state index in [1.54, 1.807) is 64.7 Å². The summed E-state index contributed by atoms with van der Waals surface area (Å²) in [7, 11) is 0. The molecule has 0 spiro atoms. The Balaban J connectivity index is 1.60. The maximum atomic E-state index is 12.9. The summed E-state index contributed by atoms with van der Waals surface area (Å²) in [5.74, 6) is 1.31. The maximum Gasteiger partial charge on any atom is 0.254 e. The van der Waals surface area contributed by atoms with Gasteiger partial charge in [-0.25, -0.2) is 9.97 Å². The summed E-state index contributed by atoms with van der Waals surface area (Å²) >= 11 is 0. The van der Waals surface area contributed by atoms with Crippen LogP contribution in [0.5, 0.6) is 11.5 Å². The van der Waals surface area contributed by atoms with Crippen molar-refractivity contribution in [2.24, 2.45) is 0 Å². The standard InChI is InChI=1S/C18H16N4O3/c23-15-2-1-14-11-21(7-8-25-16(14)10-15)18(24)13-3-4-20-17(9-13)22-6-5-19-12-22/h1-6,9-10,12,23H,7-8,11H2. The smallest absolute Gasteiger partial charge is 0.254 e. The lowest BCUT2D eigenvalue weighted by atomic mass is 10.1. The van der Waals surface area contributed by atoms with Crippen molar-refractivity contribution in [1.82, 2.24) is 19.4 Å². The minimum atomic E-state index is -0.0895. The fraction of sp³-hybridized carbons (Fsp3) is 0.167. The number of fused-ring (bicyclic) bond motifs is 1. The number of aromatic hydroxyl groups is 1. The van der Waals surface area contributed by atoms with Crippen molar-refractivity contribution in [3.8, 4) is 17.3 Å². The molecule has 4 rings (SSSR count). The maximum absolute atomic E-state index is 12.9. The number of phenolic OH excluding ortho intramolecular Hbond substituents is 1. The molecule has 3 heterocycles. The summed E-state index contributed by atoms with van der Waals surface area (Å²) in [6.07, 6.45) is 6.69. The molecular formula is C18H16N4O3. The van der Waals surface area contributed by atoms with Gasteiger partial charge in [-0.15, -0.1) is 0 Å². The number of hydrogen-bond donors (Lipinski definition) is 1. The molecule has 0 saturated heterocycles. The van der Waals surface area contributed by atoms with Gasteiger partial charge in [-0.05, 0) is 24.3 Å². The van der Waals surface area contributed by atoms with Gasteiger partial charge in [0, 0.05) is 42.3 Å². The first-order valence-electron chi connectivity index (χ1n) is 7.89. The highest BCUT2D eigenvalue weighted by Crippen LogP contribution is 2.27. The van der Waals surface area contributed by atoms with E-state index >= 15 is 0 Å². The lowest BCUT2D eigenvalue weighted by Crippen LogP contribution is -2.32. The molecule has 1 aromatic carbocycles. The van der Waals surface area contributed by atoms with Gasteiger partial charge in [0.15, 0.2) is 0 Å². The Morgan fingerprint density at radius 3 is 2.96 bits per heavy atom. The third kappa shape index (κ3) is 3.03. The molecule has 0 radical (unpaired) electrons. The number of amides is 1. The highest BCUT2D eigenvalue weighted by molar-refractivity contribution is 5.94. The number of carbonyl (C=O) groups is 1. The van der Waals surface area contributed by atoms with E-state index in [1.807, 2.05) is 0 Å². The molecule has 0 aliphatic carbocycles. The minimum Gasteiger partial charge on any atom is -0.508 e. The highest BCUT2D eigenvalue weighted by Gasteiger charge is 2.21. The van der Waals surface area contributed by atoms with Crippen LogP contribution < -0.4 is 4.74 Å². The van der Waals surface area contributed by atoms with E-state index in [9.17, 15) is 9.90 Å². The Morgan fingerprint density at radius 2 is 2.12 bits per heavy atom. The van der Waals surface area contributed by atoms with E-state index in [1.165, 1.54) is 0 Å². The molecule has 0 unspecified atom stereocenters. The summed E-state index contributed by atoms with van der Waals surface area (Å²) in [5, 5.41) is 9.58. The fourth-order valence-electron chi connectivity index (χ4n) is 2.80. The van der Waals surface area contributed by atoms with Gasteiger partial charge in [0.05, 0.1) is 6.54 Å². The van der Waals surface area contributed by atoms with E-state index in [0.29, 0.717) is 36.8 Å². The van der Waals surface area contributed by atoms with E-state index in [-0.39, 0.29) is 11.7 Å². The highest BCUT2D eigenvalue weighted by atomic mass is 16.5. The van der Waals surface area contributed by atoms with Gasteiger partial charge in [0.1, 0.15) is 30.3 Å². The normalized spacial score (nSPS) is 13.7. The van der Waals surface area contributed by atoms with E-state index < -0.39 is 0 Å². The Morgan fingerprint density at radius 1 is 1.20 bits per heavy atom. The average molecular weight is 336 g/mol. The molecule has 1 aliphatic heterocycles. The second-order valence-electron chi connectivity index (χ2n) is 5.74. The van der Waals surface area contributed by atoms with Crippen LogP contribution in [0.1, 0.15) is 15.9 Å². The number of aromatic nitrogens is 3. The van der Waals surface area contributed by atoms with Crippen LogP contribution in [0.2, 0.25) is 0 Å². The number of nitrogens with zero attached hydrogens (tertiary/aromatic N) is 4. The van der Waals surface area contributed by atoms with E-state index in [2.05, 4.69) is 9.97 Å². The third-order valence-electron chi connectivity index (χ3n) is 4.08. The zero-order chi connectivity index (χ0) is 17.2. The lowest BCUT2D eigenvalue weighted by molar-refractivity contribution is 0.0733. The number of phenols is 1. The van der Waals surface area contributed by atoms with Gasteiger partial charge in [-0.1, -0.05) is 0 Å². The number of rotatable bonds is 2. The van der Waals surface area contributed by atoms with Crippen LogP contribution in [0.25, 0.3) is 5.82 Å². The van der Waals surface area contributed by atoms with E-state index in [0.717, 1.165) is 5.56 Å². The average Bonchev–Trinajstić information content (AvgIpc) is 3.09. The molecule has 0 bridgehead atoms. The van der Waals surface area contributed by atoms with Crippen LogP contribution in [-0.4, -0.2) is 43.6 Å². The molecule has 126 valence electrons. The zero-order valence-electron chi connectivity index (χ0n) is 13.4. The summed E-state index contributed by atoms with van der Waals surface area (Å²) in [4.78, 5) is 22.9. The molecule has 7 heteroatoms. The zero-order valence-corrected chi connectivity index (χ0v) is 13.4. The van der Waals surface area contributed by atoms with Crippen molar-refractivity contribution in [2.75, 3.05) is 13.2 Å². The Bertz CT molecular complexity index is 908. The van der Waals surface area contributed by atoms with Gasteiger partial charge in [-0.2, -0.15) is 0 Å². The molecule has 7 nitrogen and oxygen atoms in total. The molecule has 1 N–H and O–H groups in total. The number of carbonyl (C=O) groups excluding carboxylic acids is 1. The van der Waals surface area contributed by atoms with Gasteiger partial charge in [0.2, 0.25) is 0 Å². The second-order valence-corrected chi connectivity index (χ2v) is 5.74. The van der Waals surface area contributed by atoms with Crippen LogP contribution in [0.15, 0.2) is 55.2 Å². The molecule has 0 atom stereocenters. The van der Waals surface area contributed by atoms with Gasteiger partial charge in [-0.3, -0.25) is 9.36 Å². The molecule has 1 amide bonds. The first kappa shape index (κ1) is 15.2. The van der Waals surface area contributed by atoms with Crippen LogP contribution >= 0.6 is 0 Å². The van der Waals surface area contributed by atoms with E-state index in [4.69, 9.17) is 4.74 Å². The lowest BCUT2D eigenvalue weighted by Gasteiger charge is -2.20. The molecule has 25 heavy (non-hydrogen) atoms. The van der Waals surface area contributed by atoms with Gasteiger partial charge in [0.25, 0.3) is 5.91 Å². The van der Waals surface area contributed by atoms with Crippen LogP contribution in [-0.2, 0) is 6.54 Å². The Kier molecular flexibility index (Phi) is 3.81. The van der Waals surface area contributed by atoms with Crippen molar-refractivity contribution in [1.29, 1.82) is 0 Å².